The molecule has 0 bridgehead atoms. The molecular weight excluding hydrogens is 262 g/mol. The maximum Gasteiger partial charge on any atom is 0.254 e. The van der Waals surface area contributed by atoms with Crippen molar-refractivity contribution in [1.29, 1.82) is 0 Å². The monoisotopic (exact) mass is 289 g/mol. The lowest BCUT2D eigenvalue weighted by Gasteiger charge is -2.28. The fourth-order valence-electron chi connectivity index (χ4n) is 2.93. The van der Waals surface area contributed by atoms with E-state index in [0.29, 0.717) is 6.04 Å². The third-order valence-electron chi connectivity index (χ3n) is 3.87. The zero-order valence-electron chi connectivity index (χ0n) is 13.4. The highest BCUT2D eigenvalue weighted by Crippen LogP contribution is 2.15. The van der Waals surface area contributed by atoms with Gasteiger partial charge in [-0.3, -0.25) is 4.79 Å². The van der Waals surface area contributed by atoms with Gasteiger partial charge in [0.1, 0.15) is 0 Å². The fourth-order valence-corrected chi connectivity index (χ4v) is 2.93. The molecule has 4 heteroatoms. The lowest BCUT2D eigenvalue weighted by molar-refractivity contribution is 0.0692. The van der Waals surface area contributed by atoms with Gasteiger partial charge < -0.3 is 15.1 Å². The van der Waals surface area contributed by atoms with E-state index in [4.69, 9.17) is 0 Å². The maximum atomic E-state index is 12.8. The van der Waals surface area contributed by atoms with Crippen molar-refractivity contribution in [3.05, 3.63) is 35.4 Å². The van der Waals surface area contributed by atoms with Gasteiger partial charge in [0.25, 0.3) is 5.91 Å². The largest absolute Gasteiger partial charge is 0.334 e. The quantitative estimate of drug-likeness (QED) is 0.869. The Labute approximate surface area is 128 Å². The van der Waals surface area contributed by atoms with Gasteiger partial charge in [0.15, 0.2) is 0 Å². The molecule has 2 rings (SSSR count). The van der Waals surface area contributed by atoms with Gasteiger partial charge in [-0.1, -0.05) is 19.1 Å². The van der Waals surface area contributed by atoms with Crippen molar-refractivity contribution < 1.29 is 4.79 Å². The second kappa shape index (κ2) is 7.57. The topological polar surface area (TPSA) is 35.6 Å². The summed E-state index contributed by atoms with van der Waals surface area (Å²) >= 11 is 0. The lowest BCUT2D eigenvalue weighted by Crippen LogP contribution is -2.42. The molecule has 1 aromatic carbocycles. The molecule has 1 aromatic rings. The van der Waals surface area contributed by atoms with Gasteiger partial charge in [-0.2, -0.15) is 0 Å². The van der Waals surface area contributed by atoms with Crippen molar-refractivity contribution in [2.24, 2.45) is 0 Å². The molecule has 1 aliphatic heterocycles. The Balaban J connectivity index is 2.15. The standard InChI is InChI=1S/C17H27N3O/c1-4-10-20(16-8-9-18-12-16)17(21)15-7-5-6-14(11-15)13-19(2)3/h5-7,11,16,18H,4,8-10,12-13H2,1-3H3. The van der Waals surface area contributed by atoms with E-state index in [2.05, 4.69) is 28.1 Å². The van der Waals surface area contributed by atoms with Crippen molar-refractivity contribution in [3.8, 4) is 0 Å². The molecule has 0 aliphatic carbocycles. The van der Waals surface area contributed by atoms with Crippen LogP contribution in [-0.2, 0) is 6.54 Å². The van der Waals surface area contributed by atoms with E-state index in [1.54, 1.807) is 0 Å². The molecule has 1 amide bonds. The predicted octanol–water partition coefficient (Wildman–Crippen LogP) is 1.96. The molecule has 1 heterocycles. The third kappa shape index (κ3) is 4.29. The second-order valence-corrected chi connectivity index (χ2v) is 6.08. The Morgan fingerprint density at radius 1 is 1.38 bits per heavy atom. The van der Waals surface area contributed by atoms with Crippen molar-refractivity contribution in [2.75, 3.05) is 33.7 Å². The number of carbonyl (C=O) groups is 1. The molecule has 21 heavy (non-hydrogen) atoms. The molecule has 4 nitrogen and oxygen atoms in total. The van der Waals surface area contributed by atoms with Crippen LogP contribution in [-0.4, -0.2) is 55.5 Å². The Morgan fingerprint density at radius 2 is 2.19 bits per heavy atom. The summed E-state index contributed by atoms with van der Waals surface area (Å²) in [5.74, 6) is 0.172. The highest BCUT2D eigenvalue weighted by molar-refractivity contribution is 5.94. The van der Waals surface area contributed by atoms with Crippen LogP contribution in [0.5, 0.6) is 0 Å². The normalized spacial score (nSPS) is 18.2. The first-order chi connectivity index (χ1) is 10.1. The van der Waals surface area contributed by atoms with E-state index < -0.39 is 0 Å². The number of hydrogen-bond acceptors (Lipinski definition) is 3. The summed E-state index contributed by atoms with van der Waals surface area (Å²) in [6, 6.07) is 8.39. The van der Waals surface area contributed by atoms with E-state index in [1.807, 2.05) is 32.3 Å². The first kappa shape index (κ1) is 16.0. The molecule has 0 spiro atoms. The number of nitrogens with zero attached hydrogens (tertiary/aromatic N) is 2. The van der Waals surface area contributed by atoms with Crippen molar-refractivity contribution in [1.82, 2.24) is 15.1 Å². The van der Waals surface area contributed by atoms with Gasteiger partial charge in [-0.25, -0.2) is 0 Å². The van der Waals surface area contributed by atoms with Crippen LogP contribution in [0.4, 0.5) is 0 Å². The number of benzene rings is 1. The molecule has 1 saturated heterocycles. The molecule has 0 radical (unpaired) electrons. The molecule has 1 unspecified atom stereocenters. The number of amides is 1. The molecule has 0 aromatic heterocycles. The molecule has 1 atom stereocenters. The Kier molecular flexibility index (Phi) is 5.76. The number of carbonyl (C=O) groups excluding carboxylic acids is 1. The smallest absolute Gasteiger partial charge is 0.254 e. The number of rotatable bonds is 6. The van der Waals surface area contributed by atoms with Crippen LogP contribution < -0.4 is 5.32 Å². The van der Waals surface area contributed by atoms with E-state index in [9.17, 15) is 4.79 Å². The molecule has 116 valence electrons. The highest BCUT2D eigenvalue weighted by Gasteiger charge is 2.26. The van der Waals surface area contributed by atoms with Crippen LogP contribution >= 0.6 is 0 Å². The molecule has 0 saturated carbocycles. The van der Waals surface area contributed by atoms with Crippen molar-refractivity contribution in [3.63, 3.8) is 0 Å². The zero-order valence-corrected chi connectivity index (χ0v) is 13.4. The average molecular weight is 289 g/mol. The average Bonchev–Trinajstić information content (AvgIpc) is 2.97. The van der Waals surface area contributed by atoms with Gasteiger partial charge in [-0.05, 0) is 51.2 Å². The van der Waals surface area contributed by atoms with E-state index in [-0.39, 0.29) is 5.91 Å². The fraction of sp³-hybridized carbons (Fsp3) is 0.588. The summed E-state index contributed by atoms with van der Waals surface area (Å²) in [6.45, 7) is 5.76. The number of nitrogens with one attached hydrogen (secondary N) is 1. The maximum absolute atomic E-state index is 12.8. The second-order valence-electron chi connectivity index (χ2n) is 6.08. The van der Waals surface area contributed by atoms with E-state index >= 15 is 0 Å². The Morgan fingerprint density at radius 3 is 2.81 bits per heavy atom. The lowest BCUT2D eigenvalue weighted by atomic mass is 10.1. The summed E-state index contributed by atoms with van der Waals surface area (Å²) < 4.78 is 0. The minimum absolute atomic E-state index is 0.172. The summed E-state index contributed by atoms with van der Waals surface area (Å²) in [5.41, 5.74) is 2.00. The van der Waals surface area contributed by atoms with Crippen LogP contribution in [0, 0.1) is 0 Å². The van der Waals surface area contributed by atoms with Gasteiger partial charge in [0.2, 0.25) is 0 Å². The van der Waals surface area contributed by atoms with Crippen LogP contribution in [0.1, 0.15) is 35.7 Å². The first-order valence-corrected chi connectivity index (χ1v) is 7.87. The summed E-state index contributed by atoms with van der Waals surface area (Å²) in [6.07, 6.45) is 2.06. The van der Waals surface area contributed by atoms with E-state index in [1.165, 1.54) is 5.56 Å². The minimum Gasteiger partial charge on any atom is -0.334 e. The third-order valence-corrected chi connectivity index (χ3v) is 3.87. The van der Waals surface area contributed by atoms with Crippen LogP contribution in [0.15, 0.2) is 24.3 Å². The first-order valence-electron chi connectivity index (χ1n) is 7.87. The predicted molar refractivity (Wildman–Crippen MR) is 86.4 cm³/mol. The van der Waals surface area contributed by atoms with Gasteiger partial charge in [0, 0.05) is 31.2 Å². The van der Waals surface area contributed by atoms with E-state index in [0.717, 1.165) is 44.6 Å². The summed E-state index contributed by atoms with van der Waals surface area (Å²) in [4.78, 5) is 17.0. The van der Waals surface area contributed by atoms with Crippen LogP contribution in [0.3, 0.4) is 0 Å². The van der Waals surface area contributed by atoms with Gasteiger partial charge in [0.05, 0.1) is 0 Å². The molecule has 1 N–H and O–H groups in total. The SMILES string of the molecule is CCCN(C(=O)c1cccc(CN(C)C)c1)C1CCNC1. The number of hydrogen-bond donors (Lipinski definition) is 1. The molecular formula is C17H27N3O. The highest BCUT2D eigenvalue weighted by atomic mass is 16.2. The molecule has 1 aliphatic rings. The zero-order chi connectivity index (χ0) is 15.2. The van der Waals surface area contributed by atoms with Crippen molar-refractivity contribution in [2.45, 2.75) is 32.4 Å². The van der Waals surface area contributed by atoms with Crippen LogP contribution in [0.2, 0.25) is 0 Å². The van der Waals surface area contributed by atoms with Crippen molar-refractivity contribution >= 4 is 5.91 Å². The molecule has 1 fully saturated rings. The van der Waals surface area contributed by atoms with Gasteiger partial charge >= 0.3 is 0 Å². The Hall–Kier alpha value is -1.39. The van der Waals surface area contributed by atoms with Gasteiger partial charge in [-0.15, -0.1) is 0 Å². The summed E-state index contributed by atoms with van der Waals surface area (Å²) in [7, 11) is 4.09. The van der Waals surface area contributed by atoms with Crippen LogP contribution in [0.25, 0.3) is 0 Å². The Bertz CT molecular complexity index is 467. The summed E-state index contributed by atoms with van der Waals surface area (Å²) in [5, 5.41) is 3.35. The minimum atomic E-state index is 0.172.